The van der Waals surface area contributed by atoms with E-state index in [0.29, 0.717) is 16.9 Å². The Kier molecular flexibility index (Phi) is 2.64. The number of hydrogen-bond acceptors (Lipinski definition) is 2. The molecule has 0 aromatic carbocycles. The highest BCUT2D eigenvalue weighted by atomic mass is 15.1. The van der Waals surface area contributed by atoms with Crippen molar-refractivity contribution in [3.8, 4) is 0 Å². The minimum Gasteiger partial charge on any atom is -0.330 e. The first kappa shape index (κ1) is 12.9. The zero-order valence-electron chi connectivity index (χ0n) is 13.0. The molecule has 3 saturated carbocycles. The summed E-state index contributed by atoms with van der Waals surface area (Å²) >= 11 is 0. The molecule has 3 aliphatic rings. The molecule has 3 fully saturated rings. The largest absolute Gasteiger partial charge is 0.330 e. The maximum Gasteiger partial charge on any atom is 0.0951 e. The number of aromatic nitrogens is 2. The van der Waals surface area contributed by atoms with Crippen molar-refractivity contribution < 1.29 is 0 Å². The Balaban J connectivity index is 1.47. The van der Waals surface area contributed by atoms with Crippen molar-refractivity contribution in [2.24, 2.45) is 16.7 Å². The minimum absolute atomic E-state index is 0.474. The molecule has 1 aromatic rings. The Morgan fingerprint density at radius 3 is 2.70 bits per heavy atom. The van der Waals surface area contributed by atoms with Crippen molar-refractivity contribution >= 4 is 0 Å². The Hall–Kier alpha value is -0.830. The second kappa shape index (κ2) is 4.09. The van der Waals surface area contributed by atoms with Crippen molar-refractivity contribution in [2.45, 2.75) is 71.5 Å². The maximum atomic E-state index is 4.35. The standard InChI is InChI=1S/C17H27N3/c1-16(2)12-6-7-17(16,3)15(8-12)19-10-14-9-18-11-20(14)13-4-5-13/h9,11-13,15,19H,4-8,10H2,1-3H3. The van der Waals surface area contributed by atoms with Crippen molar-refractivity contribution in [3.63, 3.8) is 0 Å². The first-order valence-electron chi connectivity index (χ1n) is 8.26. The van der Waals surface area contributed by atoms with Gasteiger partial charge in [0.25, 0.3) is 0 Å². The number of fused-ring (bicyclic) bond motifs is 2. The van der Waals surface area contributed by atoms with Gasteiger partial charge in [-0.25, -0.2) is 4.98 Å². The topological polar surface area (TPSA) is 29.9 Å². The van der Waals surface area contributed by atoms with E-state index >= 15 is 0 Å². The van der Waals surface area contributed by atoms with E-state index in [1.54, 1.807) is 0 Å². The lowest BCUT2D eigenvalue weighted by molar-refractivity contribution is 0.120. The molecule has 0 radical (unpaired) electrons. The van der Waals surface area contributed by atoms with Crippen LogP contribution < -0.4 is 5.32 Å². The van der Waals surface area contributed by atoms with Crippen LogP contribution >= 0.6 is 0 Å². The molecule has 0 amide bonds. The molecule has 3 nitrogen and oxygen atoms in total. The summed E-state index contributed by atoms with van der Waals surface area (Å²) in [5, 5.41) is 3.87. The van der Waals surface area contributed by atoms with Crippen LogP contribution in [0.2, 0.25) is 0 Å². The van der Waals surface area contributed by atoms with Gasteiger partial charge in [-0.1, -0.05) is 20.8 Å². The van der Waals surface area contributed by atoms with E-state index < -0.39 is 0 Å². The SMILES string of the molecule is CC1(C)C2CCC1(C)C(NCc1cncn1C1CC1)C2. The van der Waals surface area contributed by atoms with Crippen LogP contribution in [0.3, 0.4) is 0 Å². The van der Waals surface area contributed by atoms with Crippen LogP contribution in [-0.4, -0.2) is 15.6 Å². The van der Waals surface area contributed by atoms with E-state index in [-0.39, 0.29) is 0 Å². The Morgan fingerprint density at radius 1 is 1.30 bits per heavy atom. The van der Waals surface area contributed by atoms with E-state index in [4.69, 9.17) is 0 Å². The zero-order chi connectivity index (χ0) is 14.0. The molecule has 4 rings (SSSR count). The van der Waals surface area contributed by atoms with Gasteiger partial charge in [0.2, 0.25) is 0 Å². The van der Waals surface area contributed by atoms with E-state index in [0.717, 1.165) is 18.5 Å². The van der Waals surface area contributed by atoms with Gasteiger partial charge in [0.15, 0.2) is 0 Å². The number of hydrogen-bond donors (Lipinski definition) is 1. The van der Waals surface area contributed by atoms with Gasteiger partial charge in [0.1, 0.15) is 0 Å². The molecule has 2 bridgehead atoms. The van der Waals surface area contributed by atoms with Crippen LogP contribution in [-0.2, 0) is 6.54 Å². The smallest absolute Gasteiger partial charge is 0.0951 e. The van der Waals surface area contributed by atoms with Crippen molar-refractivity contribution in [2.75, 3.05) is 0 Å². The molecule has 3 aliphatic carbocycles. The third-order valence-electron chi connectivity index (χ3n) is 7.01. The molecule has 0 aliphatic heterocycles. The molecule has 3 atom stereocenters. The van der Waals surface area contributed by atoms with Crippen molar-refractivity contribution in [1.82, 2.24) is 14.9 Å². The molecule has 1 aromatic heterocycles. The van der Waals surface area contributed by atoms with Gasteiger partial charge in [0.05, 0.1) is 12.0 Å². The lowest BCUT2D eigenvalue weighted by Gasteiger charge is -2.39. The molecular weight excluding hydrogens is 246 g/mol. The monoisotopic (exact) mass is 273 g/mol. The highest BCUT2D eigenvalue weighted by Gasteiger charge is 2.60. The molecule has 3 unspecified atom stereocenters. The Morgan fingerprint density at radius 2 is 2.10 bits per heavy atom. The summed E-state index contributed by atoms with van der Waals surface area (Å²) in [6, 6.07) is 1.42. The van der Waals surface area contributed by atoms with Crippen LogP contribution in [0.1, 0.15) is 64.6 Å². The van der Waals surface area contributed by atoms with E-state index in [1.807, 2.05) is 12.5 Å². The molecule has 20 heavy (non-hydrogen) atoms. The normalized spacial score (nSPS) is 38.5. The second-order valence-corrected chi connectivity index (χ2v) is 8.07. The molecule has 110 valence electrons. The van der Waals surface area contributed by atoms with Gasteiger partial charge >= 0.3 is 0 Å². The average Bonchev–Trinajstić information content (AvgIpc) is 3.07. The van der Waals surface area contributed by atoms with Gasteiger partial charge < -0.3 is 9.88 Å². The van der Waals surface area contributed by atoms with Crippen LogP contribution in [0.25, 0.3) is 0 Å². The third kappa shape index (κ3) is 1.65. The summed E-state index contributed by atoms with van der Waals surface area (Å²) in [6.45, 7) is 8.47. The Labute approximate surface area is 122 Å². The van der Waals surface area contributed by atoms with Gasteiger partial charge in [-0.05, 0) is 48.9 Å². The predicted molar refractivity (Wildman–Crippen MR) is 80.4 cm³/mol. The summed E-state index contributed by atoms with van der Waals surface area (Å²) in [7, 11) is 0. The predicted octanol–water partition coefficient (Wildman–Crippen LogP) is 3.52. The number of nitrogens with one attached hydrogen (secondary N) is 1. The van der Waals surface area contributed by atoms with Crippen LogP contribution in [0.5, 0.6) is 0 Å². The second-order valence-electron chi connectivity index (χ2n) is 8.07. The van der Waals surface area contributed by atoms with Crippen LogP contribution in [0.4, 0.5) is 0 Å². The summed E-state index contributed by atoms with van der Waals surface area (Å²) in [6.07, 6.45) is 10.9. The molecule has 3 heteroatoms. The fourth-order valence-electron chi connectivity index (χ4n) is 4.89. The minimum atomic E-state index is 0.474. The summed E-state index contributed by atoms with van der Waals surface area (Å²) < 4.78 is 2.38. The average molecular weight is 273 g/mol. The van der Waals surface area contributed by atoms with Crippen molar-refractivity contribution in [1.29, 1.82) is 0 Å². The number of imidazole rings is 1. The molecule has 1 N–H and O–H groups in total. The lowest BCUT2D eigenvalue weighted by atomic mass is 9.69. The van der Waals surface area contributed by atoms with Crippen molar-refractivity contribution in [3.05, 3.63) is 18.2 Å². The molecule has 0 spiro atoms. The lowest BCUT2D eigenvalue weighted by Crippen LogP contribution is -2.44. The zero-order valence-corrected chi connectivity index (χ0v) is 13.0. The summed E-state index contributed by atoms with van der Waals surface area (Å²) in [5.74, 6) is 0.915. The van der Waals surface area contributed by atoms with Gasteiger partial charge in [-0.15, -0.1) is 0 Å². The van der Waals surface area contributed by atoms with Gasteiger partial charge in [-0.2, -0.15) is 0 Å². The molecule has 0 saturated heterocycles. The first-order chi connectivity index (χ1) is 9.52. The number of rotatable bonds is 4. The quantitative estimate of drug-likeness (QED) is 0.909. The Bertz CT molecular complexity index is 514. The first-order valence-corrected chi connectivity index (χ1v) is 8.26. The van der Waals surface area contributed by atoms with E-state index in [9.17, 15) is 0 Å². The van der Waals surface area contributed by atoms with E-state index in [1.165, 1.54) is 37.8 Å². The van der Waals surface area contributed by atoms with Crippen LogP contribution in [0.15, 0.2) is 12.5 Å². The summed E-state index contributed by atoms with van der Waals surface area (Å²) in [4.78, 5) is 4.35. The fourth-order valence-corrected chi connectivity index (χ4v) is 4.89. The fraction of sp³-hybridized carbons (Fsp3) is 0.824. The number of nitrogens with zero attached hydrogens (tertiary/aromatic N) is 2. The summed E-state index contributed by atoms with van der Waals surface area (Å²) in [5.41, 5.74) is 2.35. The highest BCUT2D eigenvalue weighted by molar-refractivity contribution is 5.14. The van der Waals surface area contributed by atoms with E-state index in [2.05, 4.69) is 35.6 Å². The van der Waals surface area contributed by atoms with Gasteiger partial charge in [0, 0.05) is 24.8 Å². The highest BCUT2D eigenvalue weighted by Crippen LogP contribution is 2.65. The molecular formula is C17H27N3. The maximum absolute atomic E-state index is 4.35. The van der Waals surface area contributed by atoms with Gasteiger partial charge in [-0.3, -0.25) is 0 Å². The third-order valence-corrected chi connectivity index (χ3v) is 7.01. The molecule has 1 heterocycles. The van der Waals surface area contributed by atoms with Crippen LogP contribution in [0, 0.1) is 16.7 Å².